The molecule has 0 saturated carbocycles. The van der Waals surface area contributed by atoms with Gasteiger partial charge in [0.25, 0.3) is 0 Å². The van der Waals surface area contributed by atoms with Gasteiger partial charge < -0.3 is 9.80 Å². The highest BCUT2D eigenvalue weighted by Crippen LogP contribution is 2.07. The molecule has 0 spiro atoms. The molecule has 2 nitrogen and oxygen atoms in total. The largest absolute Gasteiger partial charge is 0.303 e. The smallest absolute Gasteiger partial charge is 0.0190 e. The first-order valence-corrected chi connectivity index (χ1v) is 7.28. The first-order valence-electron chi connectivity index (χ1n) is 7.28. The molecule has 0 aliphatic rings. The fourth-order valence-corrected chi connectivity index (χ4v) is 2.24. The highest BCUT2D eigenvalue weighted by Gasteiger charge is 2.03. The fraction of sp³-hybridized carbons (Fsp3) is 0.529. The van der Waals surface area contributed by atoms with Crippen LogP contribution in [-0.4, -0.2) is 49.6 Å². The molecule has 0 amide bonds. The van der Waals surface area contributed by atoms with Gasteiger partial charge >= 0.3 is 0 Å². The van der Waals surface area contributed by atoms with E-state index < -0.39 is 0 Å². The van der Waals surface area contributed by atoms with Crippen LogP contribution in [0.3, 0.4) is 0 Å². The monoisotopic (exact) mass is 260 g/mol. The summed E-state index contributed by atoms with van der Waals surface area (Å²) in [6, 6.07) is 10.5. The molecule has 0 radical (unpaired) electrons. The van der Waals surface area contributed by atoms with Crippen LogP contribution >= 0.6 is 0 Å². The molecule has 2 heteroatoms. The summed E-state index contributed by atoms with van der Waals surface area (Å²) in [6.45, 7) is 12.3. The van der Waals surface area contributed by atoms with E-state index in [4.69, 9.17) is 0 Å². The normalized spacial score (nSPS) is 12.4. The second-order valence-corrected chi connectivity index (χ2v) is 5.17. The minimum absolute atomic E-state index is 1.04. The number of nitrogens with zero attached hydrogens (tertiary/aromatic N) is 2. The Kier molecular flexibility index (Phi) is 7.46. The lowest BCUT2D eigenvalue weighted by molar-refractivity contribution is 0.249. The summed E-state index contributed by atoms with van der Waals surface area (Å²) in [5.41, 5.74) is 2.70. The molecule has 0 saturated heterocycles. The maximum absolute atomic E-state index is 2.47. The summed E-state index contributed by atoms with van der Waals surface area (Å²) in [5, 5.41) is 0. The van der Waals surface area contributed by atoms with Crippen LogP contribution in [0.4, 0.5) is 0 Å². The molecule has 1 aromatic carbocycles. The molecule has 0 aliphatic heterocycles. The Bertz CT molecular complexity index is 366. The van der Waals surface area contributed by atoms with Crippen LogP contribution in [0.15, 0.2) is 35.9 Å². The van der Waals surface area contributed by atoms with Crippen LogP contribution in [0.2, 0.25) is 0 Å². The van der Waals surface area contributed by atoms with Crippen molar-refractivity contribution in [3.63, 3.8) is 0 Å². The molecule has 0 bridgehead atoms. The van der Waals surface area contributed by atoms with Crippen molar-refractivity contribution in [2.45, 2.75) is 20.8 Å². The Labute approximate surface area is 118 Å². The van der Waals surface area contributed by atoms with Gasteiger partial charge in [-0.05, 0) is 32.6 Å². The summed E-state index contributed by atoms with van der Waals surface area (Å²) >= 11 is 0. The van der Waals surface area contributed by atoms with Crippen molar-refractivity contribution in [2.75, 3.05) is 39.8 Å². The van der Waals surface area contributed by atoms with Crippen molar-refractivity contribution >= 4 is 6.08 Å². The number of benzene rings is 1. The number of rotatable bonds is 8. The Morgan fingerprint density at radius 3 is 2.26 bits per heavy atom. The van der Waals surface area contributed by atoms with E-state index in [0.29, 0.717) is 0 Å². The summed E-state index contributed by atoms with van der Waals surface area (Å²) in [5.74, 6) is 0. The first-order chi connectivity index (χ1) is 9.15. The molecular weight excluding hydrogens is 232 g/mol. The third-order valence-corrected chi connectivity index (χ3v) is 3.42. The van der Waals surface area contributed by atoms with Crippen molar-refractivity contribution in [3.05, 3.63) is 41.5 Å². The highest BCUT2D eigenvalue weighted by molar-refractivity contribution is 5.52. The van der Waals surface area contributed by atoms with Gasteiger partial charge in [-0.25, -0.2) is 0 Å². The Hall–Kier alpha value is -1.12. The van der Waals surface area contributed by atoms with Gasteiger partial charge in [-0.1, -0.05) is 55.8 Å². The molecule has 0 aromatic heterocycles. The molecular formula is C17H28N2. The second kappa shape index (κ2) is 8.89. The van der Waals surface area contributed by atoms with Gasteiger partial charge in [-0.15, -0.1) is 0 Å². The lowest BCUT2D eigenvalue weighted by Crippen LogP contribution is -2.33. The van der Waals surface area contributed by atoms with Crippen molar-refractivity contribution in [2.24, 2.45) is 0 Å². The molecule has 1 rings (SSSR count). The van der Waals surface area contributed by atoms with E-state index in [1.807, 2.05) is 0 Å². The molecule has 0 unspecified atom stereocenters. The van der Waals surface area contributed by atoms with Gasteiger partial charge in [-0.2, -0.15) is 0 Å². The van der Waals surface area contributed by atoms with Crippen molar-refractivity contribution in [1.82, 2.24) is 9.80 Å². The Balaban J connectivity index is 2.39. The average Bonchev–Trinajstić information content (AvgIpc) is 2.40. The van der Waals surface area contributed by atoms with Gasteiger partial charge in [-0.3, -0.25) is 0 Å². The van der Waals surface area contributed by atoms with Crippen molar-refractivity contribution in [1.29, 1.82) is 0 Å². The number of hydrogen-bond donors (Lipinski definition) is 0. The van der Waals surface area contributed by atoms with Crippen molar-refractivity contribution < 1.29 is 0 Å². The van der Waals surface area contributed by atoms with Crippen LogP contribution in [0.1, 0.15) is 26.3 Å². The lowest BCUT2D eigenvalue weighted by Gasteiger charge is -2.23. The van der Waals surface area contributed by atoms with Crippen LogP contribution in [0.5, 0.6) is 0 Å². The second-order valence-electron chi connectivity index (χ2n) is 5.17. The molecule has 0 aliphatic carbocycles. The standard InChI is InChI=1S/C17H28N2/c1-5-19(6-2)13-12-18(4)15-16(3)14-17-10-8-7-9-11-17/h7-11,14H,5-6,12-13,15H2,1-4H3. The summed E-state index contributed by atoms with van der Waals surface area (Å²) < 4.78 is 0. The average molecular weight is 260 g/mol. The van der Waals surface area contributed by atoms with Gasteiger partial charge in [0.2, 0.25) is 0 Å². The SMILES string of the molecule is CCN(CC)CCN(C)CC(C)=Cc1ccccc1. The van der Waals surface area contributed by atoms with E-state index in [0.717, 1.165) is 32.7 Å². The van der Waals surface area contributed by atoms with Crippen LogP contribution in [-0.2, 0) is 0 Å². The maximum Gasteiger partial charge on any atom is 0.0190 e. The van der Waals surface area contributed by atoms with E-state index >= 15 is 0 Å². The molecule has 19 heavy (non-hydrogen) atoms. The summed E-state index contributed by atoms with van der Waals surface area (Å²) in [6.07, 6.45) is 2.27. The molecule has 0 fully saturated rings. The third kappa shape index (κ3) is 6.55. The summed E-state index contributed by atoms with van der Waals surface area (Å²) in [4.78, 5) is 4.86. The maximum atomic E-state index is 2.47. The van der Waals surface area contributed by atoms with E-state index in [1.165, 1.54) is 11.1 Å². The minimum Gasteiger partial charge on any atom is -0.303 e. The van der Waals surface area contributed by atoms with Gasteiger partial charge in [0, 0.05) is 19.6 Å². The van der Waals surface area contributed by atoms with E-state index in [2.05, 4.69) is 74.0 Å². The molecule has 0 N–H and O–H groups in total. The zero-order valence-corrected chi connectivity index (χ0v) is 12.9. The third-order valence-electron chi connectivity index (χ3n) is 3.42. The number of hydrogen-bond acceptors (Lipinski definition) is 2. The van der Waals surface area contributed by atoms with Gasteiger partial charge in [0.05, 0.1) is 0 Å². The Morgan fingerprint density at radius 2 is 1.68 bits per heavy atom. The zero-order chi connectivity index (χ0) is 14.1. The van der Waals surface area contributed by atoms with Crippen LogP contribution in [0, 0.1) is 0 Å². The molecule has 0 atom stereocenters. The molecule has 106 valence electrons. The zero-order valence-electron chi connectivity index (χ0n) is 12.9. The van der Waals surface area contributed by atoms with E-state index in [9.17, 15) is 0 Å². The van der Waals surface area contributed by atoms with Gasteiger partial charge in [0.1, 0.15) is 0 Å². The summed E-state index contributed by atoms with van der Waals surface area (Å²) in [7, 11) is 2.20. The fourth-order valence-electron chi connectivity index (χ4n) is 2.24. The van der Waals surface area contributed by atoms with Crippen molar-refractivity contribution in [3.8, 4) is 0 Å². The quantitative estimate of drug-likeness (QED) is 0.707. The van der Waals surface area contributed by atoms with Crippen LogP contribution in [0.25, 0.3) is 6.08 Å². The predicted molar refractivity (Wildman–Crippen MR) is 85.4 cm³/mol. The van der Waals surface area contributed by atoms with E-state index in [-0.39, 0.29) is 0 Å². The minimum atomic E-state index is 1.04. The highest BCUT2D eigenvalue weighted by atomic mass is 15.2. The van der Waals surface area contributed by atoms with Crippen LogP contribution < -0.4 is 0 Å². The lowest BCUT2D eigenvalue weighted by atomic mass is 10.1. The molecule has 0 heterocycles. The predicted octanol–water partition coefficient (Wildman–Crippen LogP) is 3.36. The Morgan fingerprint density at radius 1 is 1.05 bits per heavy atom. The van der Waals surface area contributed by atoms with E-state index in [1.54, 1.807) is 0 Å². The number of likely N-dealkylation sites (N-methyl/N-ethyl adjacent to an activating group) is 2. The first kappa shape index (κ1) is 15.9. The molecule has 1 aromatic rings. The topological polar surface area (TPSA) is 6.48 Å². The van der Waals surface area contributed by atoms with Gasteiger partial charge in [0.15, 0.2) is 0 Å².